The Morgan fingerprint density at radius 2 is 2.15 bits per heavy atom. The zero-order valence-corrected chi connectivity index (χ0v) is 12.5. The van der Waals surface area contributed by atoms with E-state index in [1.165, 1.54) is 0 Å². The number of piperidine rings is 1. The molecule has 0 radical (unpaired) electrons. The van der Waals surface area contributed by atoms with Crippen LogP contribution >= 0.6 is 0 Å². The van der Waals surface area contributed by atoms with Gasteiger partial charge in [0.1, 0.15) is 5.60 Å². The molecule has 2 unspecified atom stereocenters. The lowest BCUT2D eigenvalue weighted by atomic mass is 9.79. The molecule has 0 bridgehead atoms. The zero-order chi connectivity index (χ0) is 14.9. The summed E-state index contributed by atoms with van der Waals surface area (Å²) >= 11 is 0. The second-order valence-electron chi connectivity index (χ2n) is 6.76. The lowest BCUT2D eigenvalue weighted by molar-refractivity contribution is 0.00123. The highest BCUT2D eigenvalue weighted by molar-refractivity contribution is 5.69. The highest BCUT2D eigenvalue weighted by Gasteiger charge is 2.37. The van der Waals surface area contributed by atoms with Gasteiger partial charge in [-0.2, -0.15) is 0 Å². The molecule has 1 saturated heterocycles. The largest absolute Gasteiger partial charge is 0.444 e. The molecule has 5 nitrogen and oxygen atoms in total. The van der Waals surface area contributed by atoms with Gasteiger partial charge in [-0.05, 0) is 51.5 Å². The van der Waals surface area contributed by atoms with Gasteiger partial charge < -0.3 is 14.9 Å². The lowest BCUT2D eigenvalue weighted by Gasteiger charge is -2.42. The van der Waals surface area contributed by atoms with Crippen LogP contribution in [0.2, 0.25) is 0 Å². The Hall–Kier alpha value is -1.07. The Kier molecular flexibility index (Phi) is 4.39. The second-order valence-corrected chi connectivity index (χ2v) is 6.76. The molecule has 1 amide bonds. The monoisotopic (exact) mass is 283 g/mol. The van der Waals surface area contributed by atoms with Crippen LogP contribution in [0.1, 0.15) is 40.0 Å². The Bertz CT molecular complexity index is 399. The molecule has 0 aromatic heterocycles. The van der Waals surface area contributed by atoms with Gasteiger partial charge in [-0.15, -0.1) is 0 Å². The number of amides is 1. The van der Waals surface area contributed by atoms with Crippen LogP contribution < -0.4 is 0 Å². The summed E-state index contributed by atoms with van der Waals surface area (Å²) in [7, 11) is 0. The molecule has 1 heterocycles. The van der Waals surface area contributed by atoms with Crippen molar-refractivity contribution in [2.45, 2.75) is 57.8 Å². The SMILES string of the molecule is CC(C)(C)OC(=O)N1CC2=C[C@@H](O)CCC2CC1CO. The Morgan fingerprint density at radius 1 is 1.45 bits per heavy atom. The summed E-state index contributed by atoms with van der Waals surface area (Å²) in [5.74, 6) is 0.370. The number of nitrogens with zero attached hydrogens (tertiary/aromatic N) is 1. The Morgan fingerprint density at radius 3 is 2.75 bits per heavy atom. The molecule has 2 aliphatic rings. The topological polar surface area (TPSA) is 70.0 Å². The smallest absolute Gasteiger partial charge is 0.410 e. The molecule has 0 aromatic carbocycles. The number of likely N-dealkylation sites (tertiary alicyclic amines) is 1. The summed E-state index contributed by atoms with van der Waals surface area (Å²) in [5, 5.41) is 19.3. The second kappa shape index (κ2) is 5.74. The van der Waals surface area contributed by atoms with Crippen molar-refractivity contribution in [1.82, 2.24) is 4.90 Å². The van der Waals surface area contributed by atoms with E-state index < -0.39 is 17.8 Å². The number of carbonyl (C=O) groups is 1. The number of carbonyl (C=O) groups excluding carboxylic acids is 1. The molecule has 114 valence electrons. The van der Waals surface area contributed by atoms with Crippen molar-refractivity contribution in [3.63, 3.8) is 0 Å². The predicted molar refractivity (Wildman–Crippen MR) is 75.2 cm³/mol. The number of fused-ring (bicyclic) bond motifs is 1. The molecule has 0 saturated carbocycles. The van der Waals surface area contributed by atoms with Crippen molar-refractivity contribution < 1.29 is 19.7 Å². The highest BCUT2D eigenvalue weighted by Crippen LogP contribution is 2.35. The molecule has 0 spiro atoms. The van der Waals surface area contributed by atoms with E-state index in [1.807, 2.05) is 26.8 Å². The standard InChI is InChI=1S/C15H25NO4/c1-15(2,3)20-14(19)16-8-11-7-13(18)5-4-10(11)6-12(16)9-17/h7,10,12-13,17-18H,4-6,8-9H2,1-3H3/t10?,12?,13-/m0/s1. The Labute approximate surface area is 120 Å². The number of ether oxygens (including phenoxy) is 1. The van der Waals surface area contributed by atoms with Crippen molar-refractivity contribution in [3.8, 4) is 0 Å². The number of aliphatic hydroxyl groups is 2. The van der Waals surface area contributed by atoms with Gasteiger partial charge in [0.15, 0.2) is 0 Å². The average molecular weight is 283 g/mol. The van der Waals surface area contributed by atoms with E-state index >= 15 is 0 Å². The summed E-state index contributed by atoms with van der Waals surface area (Å²) in [4.78, 5) is 13.8. The van der Waals surface area contributed by atoms with E-state index in [4.69, 9.17) is 4.74 Å². The van der Waals surface area contributed by atoms with Crippen molar-refractivity contribution in [3.05, 3.63) is 11.6 Å². The van der Waals surface area contributed by atoms with Gasteiger partial charge in [0.05, 0.1) is 18.8 Å². The molecule has 0 aromatic rings. The highest BCUT2D eigenvalue weighted by atomic mass is 16.6. The van der Waals surface area contributed by atoms with Crippen molar-refractivity contribution in [1.29, 1.82) is 0 Å². The number of aliphatic hydroxyl groups excluding tert-OH is 2. The summed E-state index contributed by atoms with van der Waals surface area (Å²) in [6.07, 6.45) is 3.49. The van der Waals surface area contributed by atoms with E-state index in [2.05, 4.69) is 0 Å². The van der Waals surface area contributed by atoms with Gasteiger partial charge in [-0.3, -0.25) is 4.90 Å². The fourth-order valence-electron chi connectivity index (χ4n) is 2.96. The summed E-state index contributed by atoms with van der Waals surface area (Å²) in [6.45, 7) is 5.88. The number of hydrogen-bond donors (Lipinski definition) is 2. The van der Waals surface area contributed by atoms with Crippen molar-refractivity contribution in [2.24, 2.45) is 5.92 Å². The van der Waals surface area contributed by atoms with Crippen LogP contribution in [0.3, 0.4) is 0 Å². The van der Waals surface area contributed by atoms with Gasteiger partial charge in [0, 0.05) is 6.54 Å². The van der Waals surface area contributed by atoms with Gasteiger partial charge in [0.25, 0.3) is 0 Å². The van der Waals surface area contributed by atoms with Gasteiger partial charge in [0.2, 0.25) is 0 Å². The normalized spacial score (nSPS) is 30.6. The van der Waals surface area contributed by atoms with Gasteiger partial charge in [-0.25, -0.2) is 4.79 Å². The number of hydrogen-bond acceptors (Lipinski definition) is 4. The van der Waals surface area contributed by atoms with E-state index in [0.29, 0.717) is 12.5 Å². The van der Waals surface area contributed by atoms with E-state index in [9.17, 15) is 15.0 Å². The third kappa shape index (κ3) is 3.52. The predicted octanol–water partition coefficient (Wildman–Crippen LogP) is 1.69. The third-order valence-corrected chi connectivity index (χ3v) is 3.93. The molecular formula is C15H25NO4. The fraction of sp³-hybridized carbons (Fsp3) is 0.800. The maximum Gasteiger partial charge on any atom is 0.410 e. The summed E-state index contributed by atoms with van der Waals surface area (Å²) in [6, 6.07) is -0.192. The minimum Gasteiger partial charge on any atom is -0.444 e. The van der Waals surface area contributed by atoms with Crippen molar-refractivity contribution >= 4 is 6.09 Å². The van der Waals surface area contributed by atoms with Crippen LogP contribution in [0, 0.1) is 5.92 Å². The van der Waals surface area contributed by atoms with Crippen LogP contribution in [0.5, 0.6) is 0 Å². The quantitative estimate of drug-likeness (QED) is 0.718. The van der Waals surface area contributed by atoms with E-state index in [1.54, 1.807) is 4.90 Å². The molecule has 2 N–H and O–H groups in total. The first kappa shape index (κ1) is 15.3. The maximum absolute atomic E-state index is 12.2. The van der Waals surface area contributed by atoms with Crippen LogP contribution in [0.4, 0.5) is 4.79 Å². The molecule has 5 heteroatoms. The third-order valence-electron chi connectivity index (χ3n) is 3.93. The van der Waals surface area contributed by atoms with Crippen LogP contribution in [0.25, 0.3) is 0 Å². The maximum atomic E-state index is 12.2. The van der Waals surface area contributed by atoms with E-state index in [0.717, 1.165) is 24.8 Å². The van der Waals surface area contributed by atoms with Crippen molar-refractivity contribution in [2.75, 3.05) is 13.2 Å². The Balaban J connectivity index is 2.12. The van der Waals surface area contributed by atoms with Crippen LogP contribution in [-0.2, 0) is 4.74 Å². The molecule has 1 aliphatic carbocycles. The van der Waals surface area contributed by atoms with Gasteiger partial charge >= 0.3 is 6.09 Å². The lowest BCUT2D eigenvalue weighted by Crippen LogP contribution is -2.51. The zero-order valence-electron chi connectivity index (χ0n) is 12.5. The first-order valence-electron chi connectivity index (χ1n) is 7.29. The molecular weight excluding hydrogens is 258 g/mol. The minimum atomic E-state index is -0.547. The fourth-order valence-corrected chi connectivity index (χ4v) is 2.96. The first-order valence-corrected chi connectivity index (χ1v) is 7.29. The van der Waals surface area contributed by atoms with Crippen LogP contribution in [-0.4, -0.2) is 52.1 Å². The summed E-state index contributed by atoms with van der Waals surface area (Å²) < 4.78 is 5.40. The minimum absolute atomic E-state index is 0.0500. The average Bonchev–Trinajstić information content (AvgIpc) is 2.35. The molecule has 3 atom stereocenters. The first-order chi connectivity index (χ1) is 9.30. The number of rotatable bonds is 1. The molecule has 1 aliphatic heterocycles. The van der Waals surface area contributed by atoms with Crippen LogP contribution in [0.15, 0.2) is 11.6 Å². The molecule has 1 fully saturated rings. The summed E-state index contributed by atoms with van der Waals surface area (Å²) in [5.41, 5.74) is 0.549. The molecule has 2 rings (SSSR count). The van der Waals surface area contributed by atoms with Gasteiger partial charge in [-0.1, -0.05) is 6.08 Å². The van der Waals surface area contributed by atoms with E-state index in [-0.39, 0.29) is 12.6 Å². The molecule has 20 heavy (non-hydrogen) atoms.